The molecule has 0 aromatic heterocycles. The number of hydrogen-bond acceptors (Lipinski definition) is 6. The Labute approximate surface area is 239 Å². The average molecular weight is 562 g/mol. The molecule has 0 spiro atoms. The Balaban J connectivity index is 2.20. The number of hydrogen-bond donors (Lipinski definition) is 0. The van der Waals surface area contributed by atoms with E-state index in [1.54, 1.807) is 14.2 Å². The highest BCUT2D eigenvalue weighted by Gasteiger charge is 2.48. The van der Waals surface area contributed by atoms with Crippen molar-refractivity contribution in [3.8, 4) is 0 Å². The van der Waals surface area contributed by atoms with E-state index in [9.17, 15) is 4.79 Å². The van der Waals surface area contributed by atoms with Gasteiger partial charge in [-0.3, -0.25) is 4.79 Å². The van der Waals surface area contributed by atoms with Gasteiger partial charge in [-0.15, -0.1) is 0 Å². The van der Waals surface area contributed by atoms with Gasteiger partial charge < -0.3 is 23.5 Å². The lowest BCUT2D eigenvalue weighted by molar-refractivity contribution is -0.208. The van der Waals surface area contributed by atoms with Gasteiger partial charge in [0.25, 0.3) is 0 Å². The molecule has 7 heteroatoms. The second-order valence-corrected chi connectivity index (χ2v) is 17.1. The molecule has 1 heterocycles. The van der Waals surface area contributed by atoms with Gasteiger partial charge in [-0.2, -0.15) is 0 Å². The fourth-order valence-corrected chi connectivity index (χ4v) is 6.43. The summed E-state index contributed by atoms with van der Waals surface area (Å²) in [6.45, 7) is 14.7. The summed E-state index contributed by atoms with van der Waals surface area (Å²) in [6, 6.07) is 9.06. The molecule has 0 aliphatic carbocycles. The highest BCUT2D eigenvalue weighted by atomic mass is 28.4. The van der Waals surface area contributed by atoms with Gasteiger partial charge in [0.15, 0.2) is 14.1 Å². The van der Waals surface area contributed by atoms with Crippen molar-refractivity contribution in [2.75, 3.05) is 32.8 Å². The SMILES string of the molecule is CCCCCC(O[Si](C)(C)C(C)(C)C)c1ccc(N2CCC(OC)(OC)[C@@H]2C/C=C\CCCC(=O)OC)cc1. The van der Waals surface area contributed by atoms with E-state index in [0.29, 0.717) is 6.42 Å². The number of rotatable bonds is 16. The molecule has 1 saturated heterocycles. The molecular formula is C32H55NO5Si. The molecule has 0 saturated carbocycles. The Morgan fingerprint density at radius 3 is 2.31 bits per heavy atom. The monoisotopic (exact) mass is 561 g/mol. The zero-order chi connectivity index (χ0) is 29.1. The molecule has 1 fully saturated rings. The summed E-state index contributed by atoms with van der Waals surface area (Å²) in [5.41, 5.74) is 2.45. The summed E-state index contributed by atoms with van der Waals surface area (Å²) in [4.78, 5) is 13.8. The average Bonchev–Trinajstić information content (AvgIpc) is 3.28. The number of ether oxygens (including phenoxy) is 3. The van der Waals surface area contributed by atoms with E-state index in [1.165, 1.54) is 37.6 Å². The first-order chi connectivity index (χ1) is 18.4. The van der Waals surface area contributed by atoms with Crippen LogP contribution in [0.5, 0.6) is 0 Å². The Hall–Kier alpha value is -1.67. The first-order valence-corrected chi connectivity index (χ1v) is 17.7. The Morgan fingerprint density at radius 1 is 1.08 bits per heavy atom. The molecule has 2 rings (SSSR count). The lowest BCUT2D eigenvalue weighted by atomic mass is 10.0. The molecule has 1 aromatic rings. The summed E-state index contributed by atoms with van der Waals surface area (Å²) >= 11 is 0. The fourth-order valence-electron chi connectivity index (χ4n) is 5.11. The maximum absolute atomic E-state index is 11.4. The molecule has 0 N–H and O–H groups in total. The fraction of sp³-hybridized carbons (Fsp3) is 0.719. The van der Waals surface area contributed by atoms with Crippen LogP contribution >= 0.6 is 0 Å². The predicted molar refractivity (Wildman–Crippen MR) is 164 cm³/mol. The summed E-state index contributed by atoms with van der Waals surface area (Å²) in [6.07, 6.45) is 12.8. The van der Waals surface area contributed by atoms with E-state index in [4.69, 9.17) is 18.6 Å². The summed E-state index contributed by atoms with van der Waals surface area (Å²) in [5, 5.41) is 0.176. The van der Waals surface area contributed by atoms with Crippen LogP contribution in [-0.4, -0.2) is 54.0 Å². The quantitative estimate of drug-likeness (QED) is 0.0667. The van der Waals surface area contributed by atoms with E-state index in [0.717, 1.165) is 38.6 Å². The third-order valence-electron chi connectivity index (χ3n) is 8.69. The summed E-state index contributed by atoms with van der Waals surface area (Å²) in [5.74, 6) is -0.808. The molecule has 2 atom stereocenters. The van der Waals surface area contributed by atoms with Crippen LogP contribution in [0.25, 0.3) is 0 Å². The predicted octanol–water partition coefficient (Wildman–Crippen LogP) is 8.19. The van der Waals surface area contributed by atoms with Gasteiger partial charge >= 0.3 is 5.97 Å². The van der Waals surface area contributed by atoms with Crippen molar-refractivity contribution in [1.82, 2.24) is 0 Å². The number of esters is 1. The van der Waals surface area contributed by atoms with Crippen LogP contribution in [0.15, 0.2) is 36.4 Å². The molecule has 0 radical (unpaired) electrons. The number of anilines is 1. The van der Waals surface area contributed by atoms with E-state index < -0.39 is 14.1 Å². The minimum atomic E-state index is -1.90. The Kier molecular flexibility index (Phi) is 13.2. The molecule has 0 bridgehead atoms. The van der Waals surface area contributed by atoms with Crippen LogP contribution < -0.4 is 4.90 Å². The van der Waals surface area contributed by atoms with Gasteiger partial charge in [-0.05, 0) is 61.5 Å². The van der Waals surface area contributed by atoms with Crippen LogP contribution in [0.3, 0.4) is 0 Å². The third kappa shape index (κ3) is 9.17. The number of unbranched alkanes of at least 4 members (excludes halogenated alkanes) is 3. The highest BCUT2D eigenvalue weighted by Crippen LogP contribution is 2.42. The Morgan fingerprint density at radius 2 is 1.74 bits per heavy atom. The van der Waals surface area contributed by atoms with Gasteiger partial charge in [0.2, 0.25) is 0 Å². The minimum absolute atomic E-state index is 0.0547. The van der Waals surface area contributed by atoms with Crippen molar-refractivity contribution in [2.45, 2.75) is 122 Å². The topological polar surface area (TPSA) is 57.2 Å². The van der Waals surface area contributed by atoms with Crippen LogP contribution in [0, 0.1) is 0 Å². The minimum Gasteiger partial charge on any atom is -0.469 e. The molecule has 222 valence electrons. The van der Waals surface area contributed by atoms with Gasteiger partial charge in [0.05, 0.1) is 19.3 Å². The maximum atomic E-state index is 11.4. The molecular weight excluding hydrogens is 506 g/mol. The zero-order valence-corrected chi connectivity index (χ0v) is 27.2. The van der Waals surface area contributed by atoms with Crippen molar-refractivity contribution < 1.29 is 23.4 Å². The van der Waals surface area contributed by atoms with Crippen LogP contribution in [0.2, 0.25) is 18.1 Å². The Bertz CT molecular complexity index is 889. The van der Waals surface area contributed by atoms with Gasteiger partial charge in [-0.25, -0.2) is 0 Å². The van der Waals surface area contributed by atoms with E-state index in [1.807, 2.05) is 0 Å². The first kappa shape index (κ1) is 33.5. The van der Waals surface area contributed by atoms with Crippen LogP contribution in [-0.2, 0) is 23.4 Å². The number of carbonyl (C=O) groups excluding carboxylic acids is 1. The smallest absolute Gasteiger partial charge is 0.305 e. The maximum Gasteiger partial charge on any atom is 0.305 e. The molecule has 0 amide bonds. The van der Waals surface area contributed by atoms with Crippen molar-refractivity contribution in [3.63, 3.8) is 0 Å². The summed E-state index contributed by atoms with van der Waals surface area (Å²) in [7, 11) is 3.01. The number of nitrogens with zero attached hydrogens (tertiary/aromatic N) is 1. The van der Waals surface area contributed by atoms with Gasteiger partial charge in [0.1, 0.15) is 0 Å². The number of carbonyl (C=O) groups is 1. The molecule has 1 unspecified atom stereocenters. The number of benzene rings is 1. The normalized spacial score (nSPS) is 18.6. The van der Waals surface area contributed by atoms with E-state index in [2.05, 4.69) is 82.1 Å². The third-order valence-corrected chi connectivity index (χ3v) is 13.2. The molecule has 39 heavy (non-hydrogen) atoms. The van der Waals surface area contributed by atoms with Crippen molar-refractivity contribution >= 4 is 20.0 Å². The van der Waals surface area contributed by atoms with Gasteiger partial charge in [0, 0.05) is 39.3 Å². The van der Waals surface area contributed by atoms with Crippen molar-refractivity contribution in [2.24, 2.45) is 0 Å². The van der Waals surface area contributed by atoms with Crippen LogP contribution in [0.1, 0.15) is 97.1 Å². The molecule has 6 nitrogen and oxygen atoms in total. The second kappa shape index (κ2) is 15.4. The standard InChI is InChI=1S/C32H55NO5Si/c1-10-11-14-17-28(38-39(8,9)31(2,3)4)26-20-22-27(23-21-26)33-25-24-32(36-6,37-7)29(33)18-15-12-13-16-19-30(34)35-5/h12,15,20-23,28-29H,10-11,13-14,16-19,24-25H2,1-9H3/b15-12-/t28?,29-/m0/s1. The van der Waals surface area contributed by atoms with Crippen molar-refractivity contribution in [1.29, 1.82) is 0 Å². The first-order valence-electron chi connectivity index (χ1n) is 14.8. The van der Waals surface area contributed by atoms with E-state index in [-0.39, 0.29) is 23.2 Å². The molecule has 1 aromatic carbocycles. The zero-order valence-electron chi connectivity index (χ0n) is 26.2. The second-order valence-electron chi connectivity index (χ2n) is 12.3. The van der Waals surface area contributed by atoms with E-state index >= 15 is 0 Å². The molecule has 1 aliphatic rings. The van der Waals surface area contributed by atoms with Crippen LogP contribution in [0.4, 0.5) is 5.69 Å². The lowest BCUT2D eigenvalue weighted by Crippen LogP contribution is -2.47. The lowest BCUT2D eigenvalue weighted by Gasteiger charge is -2.39. The molecule has 1 aliphatic heterocycles. The van der Waals surface area contributed by atoms with Crippen molar-refractivity contribution in [3.05, 3.63) is 42.0 Å². The highest BCUT2D eigenvalue weighted by molar-refractivity contribution is 6.74. The number of methoxy groups -OCH3 is 3. The number of allylic oxidation sites excluding steroid dienone is 1. The largest absolute Gasteiger partial charge is 0.469 e. The summed E-state index contributed by atoms with van der Waals surface area (Å²) < 4.78 is 23.6. The van der Waals surface area contributed by atoms with Gasteiger partial charge in [-0.1, -0.05) is 71.2 Å².